The fraction of sp³-hybridized carbons (Fsp3) is 0.617. The first-order valence-corrected chi connectivity index (χ1v) is 44.8. The van der Waals surface area contributed by atoms with Gasteiger partial charge in [-0.25, -0.2) is 55.9 Å². The molecule has 0 spiro atoms. The molecule has 0 unspecified atom stereocenters. The first-order chi connectivity index (χ1) is 61.2. The molecule has 6 aliphatic carbocycles. The van der Waals surface area contributed by atoms with Crippen molar-refractivity contribution in [3.63, 3.8) is 0 Å². The van der Waals surface area contributed by atoms with Crippen LogP contribution in [-0.4, -0.2) is 240 Å². The molecule has 16 rings (SSSR count). The molecular formula is C94H122F4N6O24. The summed E-state index contributed by atoms with van der Waals surface area (Å²) in [6, 6.07) is 33.3. The van der Waals surface area contributed by atoms with Crippen molar-refractivity contribution in [2.24, 2.45) is 71.0 Å². The maximum Gasteiger partial charge on any atom is 0.410 e. The second-order valence-corrected chi connectivity index (χ2v) is 34.9. The molecule has 6 saturated carbocycles. The minimum Gasteiger partial charge on any atom is -0.465 e. The van der Waals surface area contributed by atoms with Crippen LogP contribution in [0.25, 0.3) is 0 Å². The number of amides is 4. The van der Waals surface area contributed by atoms with Crippen LogP contribution in [-0.2, 0) is 112 Å². The number of hydrogen-bond acceptors (Lipinski definition) is 26. The van der Waals surface area contributed by atoms with Gasteiger partial charge in [0.2, 0.25) is 0 Å². The Labute approximate surface area is 743 Å². The number of hydrogen-bond donors (Lipinski definition) is 4. The second-order valence-electron chi connectivity index (χ2n) is 34.9. The van der Waals surface area contributed by atoms with E-state index in [1.54, 1.807) is 53.7 Å². The summed E-state index contributed by atoms with van der Waals surface area (Å²) >= 11 is 0. The molecule has 700 valence electrons. The molecule has 12 fully saturated rings. The van der Waals surface area contributed by atoms with Gasteiger partial charge >= 0.3 is 60.2 Å². The molecule has 6 aliphatic heterocycles. The van der Waals surface area contributed by atoms with Gasteiger partial charge in [-0.1, -0.05) is 121 Å². The lowest BCUT2D eigenvalue weighted by atomic mass is 9.87. The average Bonchev–Trinajstić information content (AvgIpc) is 1.58. The summed E-state index contributed by atoms with van der Waals surface area (Å²) in [4.78, 5) is 152. The smallest absolute Gasteiger partial charge is 0.410 e. The van der Waals surface area contributed by atoms with Gasteiger partial charge < -0.3 is 68.2 Å². The van der Waals surface area contributed by atoms with Crippen molar-refractivity contribution >= 4 is 71.8 Å². The third kappa shape index (κ3) is 23.3. The fourth-order valence-electron chi connectivity index (χ4n) is 20.8. The number of rotatable bonds is 20. The van der Waals surface area contributed by atoms with E-state index in [0.29, 0.717) is 64.7 Å². The van der Waals surface area contributed by atoms with E-state index in [9.17, 15) is 85.3 Å². The van der Waals surface area contributed by atoms with E-state index in [1.165, 1.54) is 14.7 Å². The Morgan fingerprint density at radius 2 is 0.602 bits per heavy atom. The molecule has 0 aromatic heterocycles. The van der Waals surface area contributed by atoms with E-state index in [2.05, 4.69) is 10.6 Å². The molecule has 30 nitrogen and oxygen atoms in total. The Hall–Kier alpha value is -10.3. The lowest BCUT2D eigenvalue weighted by Crippen LogP contribution is -2.44. The number of halogens is 4. The number of esters is 6. The van der Waals surface area contributed by atoms with Crippen LogP contribution in [0.4, 0.5) is 36.7 Å². The highest BCUT2D eigenvalue weighted by molar-refractivity contribution is 5.92. The Bertz CT molecular complexity index is 4190. The molecule has 20 atom stereocenters. The zero-order valence-corrected chi connectivity index (χ0v) is 73.9. The van der Waals surface area contributed by atoms with Crippen LogP contribution < -0.4 is 10.6 Å². The van der Waals surface area contributed by atoms with Crippen LogP contribution in [0.3, 0.4) is 0 Å². The molecule has 4 N–H and O–H groups in total. The molecule has 0 bridgehead atoms. The van der Waals surface area contributed by atoms with Gasteiger partial charge in [-0.2, -0.15) is 0 Å². The van der Waals surface area contributed by atoms with Crippen molar-refractivity contribution in [2.75, 3.05) is 78.9 Å². The second kappa shape index (κ2) is 44.3. The third-order valence-electron chi connectivity index (χ3n) is 27.1. The number of carbonyl (C=O) groups excluding carboxylic acids is 12. The minimum absolute atomic E-state index is 0.0252. The van der Waals surface area contributed by atoms with Gasteiger partial charge in [0, 0.05) is 118 Å². The minimum atomic E-state index is -2.87. The highest BCUT2D eigenvalue weighted by atomic mass is 19.3. The van der Waals surface area contributed by atoms with Crippen LogP contribution in [0.15, 0.2) is 121 Å². The van der Waals surface area contributed by atoms with Crippen molar-refractivity contribution in [1.82, 2.24) is 30.2 Å². The maximum atomic E-state index is 14.1. The van der Waals surface area contributed by atoms with Crippen molar-refractivity contribution in [3.8, 4) is 0 Å². The topological polar surface area (TPSA) is 375 Å². The number of nitrogens with one attached hydrogen (secondary N) is 2. The zero-order chi connectivity index (χ0) is 92.4. The first kappa shape index (κ1) is 98.3. The van der Waals surface area contributed by atoms with Gasteiger partial charge in [0.25, 0.3) is 11.8 Å². The number of nitrogens with zero attached hydrogens (tertiary/aromatic N) is 4. The summed E-state index contributed by atoms with van der Waals surface area (Å²) < 4.78 is 106. The highest BCUT2D eigenvalue weighted by Crippen LogP contribution is 2.53. The van der Waals surface area contributed by atoms with E-state index in [1.807, 2.05) is 123 Å². The summed E-state index contributed by atoms with van der Waals surface area (Å²) in [6.07, 6.45) is 3.03. The summed E-state index contributed by atoms with van der Waals surface area (Å²) in [7, 11) is 0. The molecule has 4 amide bonds. The van der Waals surface area contributed by atoms with Crippen molar-refractivity contribution < 1.29 is 133 Å². The molecular weight excluding hydrogens is 1670 g/mol. The number of carbonyl (C=O) groups is 12. The zero-order valence-electron chi connectivity index (χ0n) is 73.9. The third-order valence-corrected chi connectivity index (χ3v) is 27.1. The molecule has 6 saturated heterocycles. The SMILES string of the molecule is CCOC(=O)[C@@H]1[C@H]2CCC(=O)[C@H]2CN1C(=O)OCc1ccccc1.CCOC(=O)[C@@H]1[C@H]2CCC(=O)[C@H]2CN1C(=O)OCc1ccccc1.CCOC(=O)[C@@H]1[C@H]2CCC(F)(F)[C@H]2CN1C(=O)OCc1ccccc1.CCOC(=O)[C@@H]1[C@H]2CC[C@@](C)(O)[C@H]2CN1C(=O)OCc1ccccc1.CCOC(=O)[C@H]1NC[C@H]2[C@@H]1CCC2(F)F.CCOC(=O)[C@H]1NC[C@H]2[C@@H]1CC[C@@]2(C)O. The summed E-state index contributed by atoms with van der Waals surface area (Å²) in [5.41, 5.74) is 1.93. The number of alkyl halides is 4. The molecule has 34 heteroatoms. The van der Waals surface area contributed by atoms with Crippen LogP contribution >= 0.6 is 0 Å². The van der Waals surface area contributed by atoms with Crippen molar-refractivity contribution in [2.45, 2.75) is 218 Å². The van der Waals surface area contributed by atoms with Crippen LogP contribution in [0.2, 0.25) is 0 Å². The van der Waals surface area contributed by atoms with E-state index < -0.39 is 119 Å². The van der Waals surface area contributed by atoms with Crippen LogP contribution in [0, 0.1) is 71.0 Å². The molecule has 128 heavy (non-hydrogen) atoms. The Kier molecular flexibility index (Phi) is 34.0. The summed E-state index contributed by atoms with van der Waals surface area (Å²) in [5.74, 6) is -10.9. The normalized spacial score (nSPS) is 30.4. The van der Waals surface area contributed by atoms with E-state index in [0.717, 1.165) is 46.5 Å². The van der Waals surface area contributed by atoms with Gasteiger partial charge in [0.15, 0.2) is 0 Å². The molecule has 4 aromatic carbocycles. The van der Waals surface area contributed by atoms with Crippen molar-refractivity contribution in [1.29, 1.82) is 0 Å². The standard InChI is InChI=1S/C19H25NO5.C18H21F2NO4.2C18H21NO5.C11H19NO3.C10H15F2NO2/c1-3-24-17(21)16-14-9-10-19(2,23)15(14)11-20(16)18(22)25-12-13-7-5-4-6-8-13;1-2-24-16(22)15-13-8-9-18(19,20)14(13)10-21(15)17(23)25-11-12-6-4-3-5-7-12;2*1-2-23-17(21)16-13-8-9-15(20)14(13)10-19(16)18(22)24-11-12-6-4-3-5-7-12;1-3-15-10(13)9-7-4-5-11(2,14)8(7)6-12-9;1-2-15-9(14)8-6-3-4-10(11,12)7(6)5-13-8/h4-8,14-16,23H,3,9-12H2,1-2H3;3-7,13-15H,2,8-11H2,1H3;2*3-7,13-14,16H,2,8-11H2,1H3;7-9,12,14H,3-6H2,1-2H3;6-8,13H,2-5H2,1H3/t14-,15-,16-,19+;13-,14-,15-;2*13-,14-,16-;7-,8-,9-,11+;6-,7-,8-/m000000/s1. The molecule has 12 aliphatic rings. The van der Waals surface area contributed by atoms with Crippen molar-refractivity contribution in [3.05, 3.63) is 144 Å². The number of benzene rings is 4. The van der Waals surface area contributed by atoms with Crippen LogP contribution in [0.1, 0.15) is 155 Å². The number of fused-ring (bicyclic) bond motifs is 6. The van der Waals surface area contributed by atoms with Gasteiger partial charge in [-0.3, -0.25) is 38.8 Å². The average molecular weight is 1800 g/mol. The van der Waals surface area contributed by atoms with E-state index in [-0.39, 0.29) is 181 Å². The van der Waals surface area contributed by atoms with Crippen LogP contribution in [0.5, 0.6) is 0 Å². The Balaban J connectivity index is 0.000000150. The Morgan fingerprint density at radius 1 is 0.336 bits per heavy atom. The highest BCUT2D eigenvalue weighted by Gasteiger charge is 2.64. The number of likely N-dealkylation sites (tertiary alicyclic amines) is 4. The van der Waals surface area contributed by atoms with Gasteiger partial charge in [0.05, 0.1) is 50.8 Å². The molecule has 4 aromatic rings. The number of aliphatic hydroxyl groups is 2. The monoisotopic (exact) mass is 1790 g/mol. The van der Waals surface area contributed by atoms with Gasteiger partial charge in [-0.05, 0) is 147 Å². The van der Waals surface area contributed by atoms with Gasteiger partial charge in [0.1, 0.15) is 74.2 Å². The number of ether oxygens (including phenoxy) is 10. The van der Waals surface area contributed by atoms with E-state index >= 15 is 0 Å². The fourth-order valence-corrected chi connectivity index (χ4v) is 20.8. The quantitative estimate of drug-likeness (QED) is 0.0363. The molecule has 0 radical (unpaired) electrons. The largest absolute Gasteiger partial charge is 0.465 e. The predicted molar refractivity (Wildman–Crippen MR) is 450 cm³/mol. The maximum absolute atomic E-state index is 14.1. The number of Topliss-reactive ketones (excluding diaryl/α,β-unsaturated/α-hetero) is 2. The lowest BCUT2D eigenvalue weighted by Gasteiger charge is -2.26. The summed E-state index contributed by atoms with van der Waals surface area (Å²) in [6.45, 7) is 17.6. The predicted octanol–water partition coefficient (Wildman–Crippen LogP) is 11.4. The van der Waals surface area contributed by atoms with Gasteiger partial charge in [-0.15, -0.1) is 0 Å². The summed E-state index contributed by atoms with van der Waals surface area (Å²) in [5, 5.41) is 26.7. The lowest BCUT2D eigenvalue weighted by molar-refractivity contribution is -0.150. The van der Waals surface area contributed by atoms with E-state index in [4.69, 9.17) is 47.4 Å². The molecule has 6 heterocycles. The Morgan fingerprint density at radius 3 is 0.953 bits per heavy atom. The first-order valence-electron chi connectivity index (χ1n) is 44.8. The number of ketones is 2.